The molecule has 0 unspecified atom stereocenters. The number of nitrogens with zero attached hydrogens (tertiary/aromatic N) is 1. The van der Waals surface area contributed by atoms with Gasteiger partial charge in [0.05, 0.1) is 0 Å². The van der Waals surface area contributed by atoms with Gasteiger partial charge in [-0.25, -0.2) is 0 Å². The lowest BCUT2D eigenvalue weighted by atomic mass is 10.3. The average Bonchev–Trinajstić information content (AvgIpc) is 2.02. The zero-order chi connectivity index (χ0) is 9.56. The monoisotopic (exact) mass is 172 g/mol. The van der Waals surface area contributed by atoms with Gasteiger partial charge in [0, 0.05) is 33.5 Å². The molecule has 0 aromatic heterocycles. The second-order valence-corrected chi connectivity index (χ2v) is 2.64. The molecule has 4 heteroatoms. The molecule has 0 rings (SSSR count). The maximum atomic E-state index is 11.1. The summed E-state index contributed by atoms with van der Waals surface area (Å²) in [7, 11) is 1.75. The standard InChI is InChI=1S/C8H16N2O2/c1-4-10(3)8(12)5-6-9-7(2)11/h4-6H2,1-3H3,(H,9,11). The lowest BCUT2D eigenvalue weighted by Crippen LogP contribution is -2.30. The van der Waals surface area contributed by atoms with E-state index in [4.69, 9.17) is 0 Å². The van der Waals surface area contributed by atoms with Crippen molar-refractivity contribution in [2.45, 2.75) is 20.3 Å². The van der Waals surface area contributed by atoms with Gasteiger partial charge < -0.3 is 10.2 Å². The predicted octanol–water partition coefficient (Wildman–Crippen LogP) is -0.00910. The molecule has 0 bridgehead atoms. The van der Waals surface area contributed by atoms with Crippen molar-refractivity contribution in [3.8, 4) is 0 Å². The van der Waals surface area contributed by atoms with Crippen LogP contribution >= 0.6 is 0 Å². The SMILES string of the molecule is CCN(C)C(=O)CCNC(C)=O. The summed E-state index contributed by atoms with van der Waals surface area (Å²) in [6, 6.07) is 0. The Balaban J connectivity index is 3.50. The van der Waals surface area contributed by atoms with E-state index in [0.717, 1.165) is 0 Å². The van der Waals surface area contributed by atoms with Crippen molar-refractivity contribution >= 4 is 11.8 Å². The van der Waals surface area contributed by atoms with Gasteiger partial charge >= 0.3 is 0 Å². The molecular weight excluding hydrogens is 156 g/mol. The number of carbonyl (C=O) groups excluding carboxylic acids is 2. The molecule has 0 spiro atoms. The first kappa shape index (κ1) is 10.9. The van der Waals surface area contributed by atoms with Crippen molar-refractivity contribution in [1.29, 1.82) is 0 Å². The fraction of sp³-hybridized carbons (Fsp3) is 0.750. The number of hydrogen-bond donors (Lipinski definition) is 1. The molecule has 0 aliphatic carbocycles. The summed E-state index contributed by atoms with van der Waals surface area (Å²) >= 11 is 0. The fourth-order valence-electron chi connectivity index (χ4n) is 0.713. The Morgan fingerprint density at radius 2 is 2.00 bits per heavy atom. The van der Waals surface area contributed by atoms with Crippen LogP contribution in [0.25, 0.3) is 0 Å². The lowest BCUT2D eigenvalue weighted by molar-refractivity contribution is -0.129. The molecule has 0 heterocycles. The molecule has 0 saturated heterocycles. The smallest absolute Gasteiger partial charge is 0.224 e. The van der Waals surface area contributed by atoms with E-state index in [1.54, 1.807) is 11.9 Å². The summed E-state index contributed by atoms with van der Waals surface area (Å²) < 4.78 is 0. The maximum Gasteiger partial charge on any atom is 0.224 e. The summed E-state index contributed by atoms with van der Waals surface area (Å²) in [6.07, 6.45) is 0.379. The summed E-state index contributed by atoms with van der Waals surface area (Å²) in [4.78, 5) is 23.2. The van der Waals surface area contributed by atoms with Gasteiger partial charge in [0.2, 0.25) is 11.8 Å². The first-order valence-corrected chi connectivity index (χ1v) is 4.06. The van der Waals surface area contributed by atoms with Crippen LogP contribution in [0.3, 0.4) is 0 Å². The van der Waals surface area contributed by atoms with Crippen LogP contribution in [0.5, 0.6) is 0 Å². The first-order valence-electron chi connectivity index (χ1n) is 4.06. The van der Waals surface area contributed by atoms with E-state index in [1.165, 1.54) is 6.92 Å². The molecule has 0 aliphatic rings. The number of rotatable bonds is 4. The minimum atomic E-state index is -0.0954. The van der Waals surface area contributed by atoms with E-state index in [-0.39, 0.29) is 11.8 Å². The molecule has 12 heavy (non-hydrogen) atoms. The average molecular weight is 172 g/mol. The third-order valence-electron chi connectivity index (χ3n) is 1.61. The van der Waals surface area contributed by atoms with Gasteiger partial charge in [-0.3, -0.25) is 9.59 Å². The molecule has 0 fully saturated rings. The minimum absolute atomic E-state index is 0.0613. The molecule has 0 atom stereocenters. The Hall–Kier alpha value is -1.06. The fourth-order valence-corrected chi connectivity index (χ4v) is 0.713. The predicted molar refractivity (Wildman–Crippen MR) is 46.6 cm³/mol. The van der Waals surface area contributed by atoms with Gasteiger partial charge in [-0.1, -0.05) is 0 Å². The van der Waals surface area contributed by atoms with Gasteiger partial charge in [-0.05, 0) is 6.92 Å². The van der Waals surface area contributed by atoms with Crippen LogP contribution in [0.2, 0.25) is 0 Å². The van der Waals surface area contributed by atoms with Crippen molar-refractivity contribution in [2.75, 3.05) is 20.1 Å². The normalized spacial score (nSPS) is 9.25. The molecule has 0 aromatic carbocycles. The third kappa shape index (κ3) is 4.71. The van der Waals surface area contributed by atoms with Gasteiger partial charge in [-0.15, -0.1) is 0 Å². The second kappa shape index (κ2) is 5.57. The van der Waals surface area contributed by atoms with Gasteiger partial charge in [0.1, 0.15) is 0 Å². The highest BCUT2D eigenvalue weighted by molar-refractivity contribution is 5.77. The summed E-state index contributed by atoms with van der Waals surface area (Å²) in [5, 5.41) is 2.57. The van der Waals surface area contributed by atoms with Crippen molar-refractivity contribution in [1.82, 2.24) is 10.2 Å². The van der Waals surface area contributed by atoms with Gasteiger partial charge in [-0.2, -0.15) is 0 Å². The Labute approximate surface area is 72.9 Å². The van der Waals surface area contributed by atoms with Crippen LogP contribution in [-0.4, -0.2) is 36.9 Å². The summed E-state index contributed by atoms with van der Waals surface area (Å²) in [5.74, 6) is -0.0341. The molecule has 0 saturated carbocycles. The van der Waals surface area contributed by atoms with Crippen molar-refractivity contribution in [3.63, 3.8) is 0 Å². The Morgan fingerprint density at radius 3 is 2.42 bits per heavy atom. The van der Waals surface area contributed by atoms with E-state index in [2.05, 4.69) is 5.32 Å². The minimum Gasteiger partial charge on any atom is -0.356 e. The Bertz CT molecular complexity index is 168. The molecule has 0 aromatic rings. The Kier molecular flexibility index (Phi) is 5.08. The molecule has 70 valence electrons. The molecule has 0 aliphatic heterocycles. The number of amides is 2. The molecule has 2 amide bonds. The largest absolute Gasteiger partial charge is 0.356 e. The van der Waals surface area contributed by atoms with Crippen LogP contribution in [0, 0.1) is 0 Å². The number of nitrogens with one attached hydrogen (secondary N) is 1. The first-order chi connectivity index (χ1) is 5.57. The summed E-state index contributed by atoms with van der Waals surface area (Å²) in [5.41, 5.74) is 0. The second-order valence-electron chi connectivity index (χ2n) is 2.64. The van der Waals surface area contributed by atoms with E-state index in [0.29, 0.717) is 19.5 Å². The molecule has 1 N–H and O–H groups in total. The van der Waals surface area contributed by atoms with Crippen LogP contribution < -0.4 is 5.32 Å². The maximum absolute atomic E-state index is 11.1. The zero-order valence-corrected chi connectivity index (χ0v) is 7.89. The molecule has 4 nitrogen and oxygen atoms in total. The third-order valence-corrected chi connectivity index (χ3v) is 1.61. The van der Waals surface area contributed by atoms with E-state index in [9.17, 15) is 9.59 Å². The quantitative estimate of drug-likeness (QED) is 0.648. The number of carbonyl (C=O) groups is 2. The lowest BCUT2D eigenvalue weighted by Gasteiger charge is -2.13. The molecular formula is C8H16N2O2. The van der Waals surface area contributed by atoms with Crippen molar-refractivity contribution in [2.24, 2.45) is 0 Å². The zero-order valence-electron chi connectivity index (χ0n) is 7.89. The van der Waals surface area contributed by atoms with Gasteiger partial charge in [0.15, 0.2) is 0 Å². The molecule has 0 radical (unpaired) electrons. The number of hydrogen-bond acceptors (Lipinski definition) is 2. The highest BCUT2D eigenvalue weighted by Gasteiger charge is 2.05. The highest BCUT2D eigenvalue weighted by atomic mass is 16.2. The van der Waals surface area contributed by atoms with Gasteiger partial charge in [0.25, 0.3) is 0 Å². The van der Waals surface area contributed by atoms with Crippen LogP contribution in [0.15, 0.2) is 0 Å². The summed E-state index contributed by atoms with van der Waals surface area (Å²) in [6.45, 7) is 4.49. The van der Waals surface area contributed by atoms with Crippen molar-refractivity contribution in [3.05, 3.63) is 0 Å². The van der Waals surface area contributed by atoms with E-state index < -0.39 is 0 Å². The van der Waals surface area contributed by atoms with Crippen molar-refractivity contribution < 1.29 is 9.59 Å². The van der Waals surface area contributed by atoms with Crippen LogP contribution in [0.1, 0.15) is 20.3 Å². The topological polar surface area (TPSA) is 49.4 Å². The Morgan fingerprint density at radius 1 is 1.42 bits per heavy atom. The van der Waals surface area contributed by atoms with Crippen LogP contribution in [-0.2, 0) is 9.59 Å². The van der Waals surface area contributed by atoms with Crippen LogP contribution in [0.4, 0.5) is 0 Å². The van der Waals surface area contributed by atoms with E-state index >= 15 is 0 Å². The van der Waals surface area contributed by atoms with E-state index in [1.807, 2.05) is 6.92 Å². The highest BCUT2D eigenvalue weighted by Crippen LogP contribution is 1.88.